The van der Waals surface area contributed by atoms with Gasteiger partial charge in [0, 0.05) is 6.54 Å². The second-order valence-corrected chi connectivity index (χ2v) is 4.61. The van der Waals surface area contributed by atoms with Gasteiger partial charge < -0.3 is 5.73 Å². The van der Waals surface area contributed by atoms with E-state index < -0.39 is 11.0 Å². The molecule has 3 nitrogen and oxygen atoms in total. The number of nitrogens with zero attached hydrogens (tertiary/aromatic N) is 1. The Balaban J connectivity index is 2.86. The van der Waals surface area contributed by atoms with Crippen LogP contribution in [0.4, 0.5) is 0 Å². The second-order valence-electron chi connectivity index (χ2n) is 2.91. The van der Waals surface area contributed by atoms with E-state index in [0.29, 0.717) is 6.54 Å². The molecule has 1 unspecified atom stereocenters. The molecular weight excluding hydrogens is 184 g/mol. The molecule has 13 heavy (non-hydrogen) atoms. The average Bonchev–Trinajstić information content (AvgIpc) is 2.17. The zero-order valence-electron chi connectivity index (χ0n) is 7.86. The van der Waals surface area contributed by atoms with E-state index in [1.54, 1.807) is 18.4 Å². The fraction of sp³-hybridized carbons (Fsp3) is 0.333. The van der Waals surface area contributed by atoms with E-state index in [-0.39, 0.29) is 0 Å². The Kier molecular flexibility index (Phi) is 3.59. The molecule has 1 rings (SSSR count). The normalized spacial score (nSPS) is 13.2. The number of hydrogen-bond donors (Lipinski definition) is 1. The molecule has 0 saturated heterocycles. The topological polar surface area (TPSA) is 46.3 Å². The molecule has 0 aromatic heterocycles. The lowest BCUT2D eigenvalue weighted by molar-refractivity contribution is 0.603. The maximum atomic E-state index is 11.5. The van der Waals surface area contributed by atoms with Crippen LogP contribution in [-0.2, 0) is 17.5 Å². The summed E-state index contributed by atoms with van der Waals surface area (Å²) in [4.78, 5) is 0.808. The minimum Gasteiger partial charge on any atom is -0.326 e. The van der Waals surface area contributed by atoms with Gasteiger partial charge in [-0.05, 0) is 31.8 Å². The van der Waals surface area contributed by atoms with Crippen LogP contribution in [-0.4, -0.2) is 22.6 Å². The lowest BCUT2D eigenvalue weighted by Gasteiger charge is -2.08. The van der Waals surface area contributed by atoms with Gasteiger partial charge in [0.25, 0.3) is 0 Å². The van der Waals surface area contributed by atoms with Crippen LogP contribution >= 0.6 is 0 Å². The van der Waals surface area contributed by atoms with Crippen molar-refractivity contribution in [2.24, 2.45) is 5.73 Å². The molecule has 0 saturated carbocycles. The van der Waals surface area contributed by atoms with Crippen LogP contribution < -0.4 is 5.73 Å². The van der Waals surface area contributed by atoms with Crippen LogP contribution in [0, 0.1) is 0 Å². The van der Waals surface area contributed by atoms with Crippen molar-refractivity contribution in [1.82, 2.24) is 4.31 Å². The summed E-state index contributed by atoms with van der Waals surface area (Å²) in [5.74, 6) is 0. The molecule has 0 fully saturated rings. The van der Waals surface area contributed by atoms with Crippen LogP contribution in [0.2, 0.25) is 0 Å². The van der Waals surface area contributed by atoms with Crippen molar-refractivity contribution in [2.45, 2.75) is 11.4 Å². The molecule has 1 atom stereocenters. The molecular formula is C9H14N2OS. The van der Waals surface area contributed by atoms with Gasteiger partial charge in [-0.1, -0.05) is 12.1 Å². The SMILES string of the molecule is CN(C)S(=O)c1ccc(CN)cc1. The molecule has 0 heterocycles. The third kappa shape index (κ3) is 2.62. The first-order valence-electron chi connectivity index (χ1n) is 4.03. The lowest BCUT2D eigenvalue weighted by atomic mass is 10.2. The first-order valence-corrected chi connectivity index (χ1v) is 5.14. The van der Waals surface area contributed by atoms with E-state index in [4.69, 9.17) is 5.73 Å². The standard InChI is InChI=1S/C9H14N2OS/c1-11(2)13(12)9-5-3-8(7-10)4-6-9/h3-6H,7,10H2,1-2H3. The predicted molar refractivity (Wildman–Crippen MR) is 54.4 cm³/mol. The Bertz CT molecular complexity index is 295. The number of hydrogen-bond acceptors (Lipinski definition) is 2. The van der Waals surface area contributed by atoms with Crippen molar-refractivity contribution in [2.75, 3.05) is 14.1 Å². The molecule has 1 aromatic carbocycles. The first kappa shape index (κ1) is 10.4. The molecule has 0 aliphatic heterocycles. The summed E-state index contributed by atoms with van der Waals surface area (Å²) >= 11 is 0. The zero-order chi connectivity index (χ0) is 9.84. The highest BCUT2D eigenvalue weighted by atomic mass is 32.2. The Morgan fingerprint density at radius 3 is 2.23 bits per heavy atom. The van der Waals surface area contributed by atoms with E-state index in [0.717, 1.165) is 10.5 Å². The highest BCUT2D eigenvalue weighted by Crippen LogP contribution is 2.09. The Morgan fingerprint density at radius 1 is 1.31 bits per heavy atom. The lowest BCUT2D eigenvalue weighted by Crippen LogP contribution is -2.15. The monoisotopic (exact) mass is 198 g/mol. The van der Waals surface area contributed by atoms with Crippen molar-refractivity contribution >= 4 is 11.0 Å². The number of benzene rings is 1. The van der Waals surface area contributed by atoms with Gasteiger partial charge >= 0.3 is 0 Å². The van der Waals surface area contributed by atoms with Crippen molar-refractivity contribution in [3.8, 4) is 0 Å². The third-order valence-electron chi connectivity index (χ3n) is 1.69. The minimum atomic E-state index is -1.05. The molecule has 0 aliphatic rings. The Morgan fingerprint density at radius 2 is 1.85 bits per heavy atom. The minimum absolute atomic E-state index is 0.523. The van der Waals surface area contributed by atoms with Gasteiger partial charge in [-0.25, -0.2) is 8.51 Å². The van der Waals surface area contributed by atoms with Gasteiger partial charge in [0.2, 0.25) is 0 Å². The Labute approximate surface area is 81.1 Å². The van der Waals surface area contributed by atoms with Gasteiger partial charge in [0.1, 0.15) is 11.0 Å². The van der Waals surface area contributed by atoms with Crippen molar-refractivity contribution in [3.05, 3.63) is 29.8 Å². The molecule has 1 aromatic rings. The summed E-state index contributed by atoms with van der Waals surface area (Å²) in [5, 5.41) is 0. The van der Waals surface area contributed by atoms with Gasteiger partial charge in [-0.2, -0.15) is 0 Å². The van der Waals surface area contributed by atoms with Crippen LogP contribution in [0.5, 0.6) is 0 Å². The van der Waals surface area contributed by atoms with Gasteiger partial charge in [0.15, 0.2) is 0 Å². The molecule has 4 heteroatoms. The van der Waals surface area contributed by atoms with Crippen molar-refractivity contribution < 1.29 is 4.21 Å². The highest BCUT2D eigenvalue weighted by Gasteiger charge is 2.04. The largest absolute Gasteiger partial charge is 0.326 e. The maximum Gasteiger partial charge on any atom is 0.127 e. The summed E-state index contributed by atoms with van der Waals surface area (Å²) in [6.07, 6.45) is 0. The molecule has 0 bridgehead atoms. The molecule has 0 spiro atoms. The third-order valence-corrected chi connectivity index (χ3v) is 3.03. The number of rotatable bonds is 3. The summed E-state index contributed by atoms with van der Waals surface area (Å²) in [7, 11) is 2.52. The molecule has 0 amide bonds. The van der Waals surface area contributed by atoms with Crippen molar-refractivity contribution in [1.29, 1.82) is 0 Å². The quantitative estimate of drug-likeness (QED) is 0.778. The zero-order valence-corrected chi connectivity index (χ0v) is 8.67. The first-order chi connectivity index (χ1) is 6.15. The molecule has 0 radical (unpaired) electrons. The van der Waals surface area contributed by atoms with Crippen molar-refractivity contribution in [3.63, 3.8) is 0 Å². The van der Waals surface area contributed by atoms with E-state index in [9.17, 15) is 4.21 Å². The number of nitrogens with two attached hydrogens (primary N) is 1. The van der Waals surface area contributed by atoms with E-state index in [1.807, 2.05) is 24.3 Å². The fourth-order valence-corrected chi connectivity index (χ4v) is 1.74. The van der Waals surface area contributed by atoms with Gasteiger partial charge in [0.05, 0.1) is 4.90 Å². The smallest absolute Gasteiger partial charge is 0.127 e. The summed E-state index contributed by atoms with van der Waals surface area (Å²) in [6.45, 7) is 0.523. The molecule has 2 N–H and O–H groups in total. The summed E-state index contributed by atoms with van der Waals surface area (Å²) in [5.41, 5.74) is 6.50. The molecule has 0 aliphatic carbocycles. The van der Waals surface area contributed by atoms with E-state index >= 15 is 0 Å². The van der Waals surface area contributed by atoms with Crippen LogP contribution in [0.25, 0.3) is 0 Å². The fourth-order valence-electron chi connectivity index (χ4n) is 0.953. The summed E-state index contributed by atoms with van der Waals surface area (Å²) in [6, 6.07) is 7.49. The maximum absolute atomic E-state index is 11.5. The molecule has 72 valence electrons. The predicted octanol–water partition coefficient (Wildman–Crippen LogP) is 0.730. The average molecular weight is 198 g/mol. The Hall–Kier alpha value is -0.710. The van der Waals surface area contributed by atoms with Gasteiger partial charge in [-0.15, -0.1) is 0 Å². The van der Waals surface area contributed by atoms with Crippen LogP contribution in [0.1, 0.15) is 5.56 Å². The van der Waals surface area contributed by atoms with Crippen LogP contribution in [0.3, 0.4) is 0 Å². The van der Waals surface area contributed by atoms with E-state index in [1.165, 1.54) is 0 Å². The van der Waals surface area contributed by atoms with E-state index in [2.05, 4.69) is 0 Å². The second kappa shape index (κ2) is 4.50. The summed E-state index contributed by atoms with van der Waals surface area (Å²) < 4.78 is 13.2. The van der Waals surface area contributed by atoms with Crippen LogP contribution in [0.15, 0.2) is 29.2 Å². The van der Waals surface area contributed by atoms with Gasteiger partial charge in [-0.3, -0.25) is 0 Å². The highest BCUT2D eigenvalue weighted by molar-refractivity contribution is 7.82.